The predicted molar refractivity (Wildman–Crippen MR) is 95.1 cm³/mol. The number of ether oxygens (including phenoxy) is 1. The number of hydrogen-bond acceptors (Lipinski definition) is 5. The van der Waals surface area contributed by atoms with Gasteiger partial charge in [-0.3, -0.25) is 4.79 Å². The van der Waals surface area contributed by atoms with Crippen molar-refractivity contribution in [1.29, 1.82) is 0 Å². The molecule has 8 heteroatoms. The number of halogens is 1. The predicted octanol–water partition coefficient (Wildman–Crippen LogP) is 2.67. The van der Waals surface area contributed by atoms with E-state index in [-0.39, 0.29) is 17.4 Å². The Hall–Kier alpha value is -2.35. The zero-order valence-electron chi connectivity index (χ0n) is 14.5. The number of aromatic nitrogens is 3. The molecule has 25 heavy (non-hydrogen) atoms. The Bertz CT molecular complexity index is 763. The Labute approximate surface area is 150 Å². The first-order valence-electron chi connectivity index (χ1n) is 7.66. The molecule has 0 bridgehead atoms. The number of carbonyl (C=O) groups excluding carboxylic acids is 1. The van der Waals surface area contributed by atoms with Crippen LogP contribution in [0.1, 0.15) is 11.4 Å². The van der Waals surface area contributed by atoms with Crippen molar-refractivity contribution in [2.45, 2.75) is 25.2 Å². The van der Waals surface area contributed by atoms with Gasteiger partial charge in [0.15, 0.2) is 16.7 Å². The third-order valence-electron chi connectivity index (χ3n) is 3.60. The average molecular weight is 364 g/mol. The zero-order chi connectivity index (χ0) is 18.4. The second kappa shape index (κ2) is 8.66. The monoisotopic (exact) mass is 364 g/mol. The quantitative estimate of drug-likeness (QED) is 0.532. The molecule has 1 aromatic heterocycles. The summed E-state index contributed by atoms with van der Waals surface area (Å²) < 4.78 is 20.5. The smallest absolute Gasteiger partial charge is 0.233 e. The van der Waals surface area contributed by atoms with Gasteiger partial charge in [-0.25, -0.2) is 4.39 Å². The molecule has 0 radical (unpaired) electrons. The number of nitrogens with zero attached hydrogens (tertiary/aromatic N) is 4. The normalized spacial score (nSPS) is 10.6. The lowest BCUT2D eigenvalue weighted by Gasteiger charge is -2.17. The molecule has 0 atom stereocenters. The van der Waals surface area contributed by atoms with Gasteiger partial charge in [0.25, 0.3) is 0 Å². The van der Waals surface area contributed by atoms with Crippen LogP contribution in [0.15, 0.2) is 36.0 Å². The van der Waals surface area contributed by atoms with Crippen molar-refractivity contribution in [2.75, 3.05) is 19.9 Å². The summed E-state index contributed by atoms with van der Waals surface area (Å²) in [5, 5.41) is 8.77. The summed E-state index contributed by atoms with van der Waals surface area (Å²) in [6, 6.07) is 4.67. The molecule has 0 N–H and O–H groups in total. The molecule has 1 amide bonds. The molecule has 0 saturated carbocycles. The molecule has 0 saturated heterocycles. The van der Waals surface area contributed by atoms with Gasteiger partial charge in [-0.15, -0.1) is 16.8 Å². The highest BCUT2D eigenvalue weighted by molar-refractivity contribution is 7.99. The van der Waals surface area contributed by atoms with Gasteiger partial charge in [0.1, 0.15) is 5.82 Å². The maximum atomic E-state index is 13.7. The minimum atomic E-state index is -0.441. The SMILES string of the molecule is C=CCn1c(C)nnc1SCC(=O)N(C)Cc1ccc(OC)c(F)c1. The molecule has 0 aliphatic carbocycles. The number of aryl methyl sites for hydroxylation is 1. The molecule has 1 heterocycles. The van der Waals surface area contributed by atoms with Crippen LogP contribution in [0.3, 0.4) is 0 Å². The molecule has 134 valence electrons. The van der Waals surface area contributed by atoms with E-state index in [9.17, 15) is 9.18 Å². The van der Waals surface area contributed by atoms with Gasteiger partial charge >= 0.3 is 0 Å². The number of hydrogen-bond donors (Lipinski definition) is 0. The van der Waals surface area contributed by atoms with Gasteiger partial charge in [-0.1, -0.05) is 23.9 Å². The van der Waals surface area contributed by atoms with Crippen molar-refractivity contribution in [1.82, 2.24) is 19.7 Å². The summed E-state index contributed by atoms with van der Waals surface area (Å²) in [6.45, 7) is 6.47. The fourth-order valence-electron chi connectivity index (χ4n) is 2.21. The van der Waals surface area contributed by atoms with E-state index in [2.05, 4.69) is 16.8 Å². The lowest BCUT2D eigenvalue weighted by molar-refractivity contribution is -0.127. The Balaban J connectivity index is 1.94. The number of methoxy groups -OCH3 is 1. The summed E-state index contributed by atoms with van der Waals surface area (Å²) >= 11 is 1.32. The molecule has 2 aromatic rings. The molecular weight excluding hydrogens is 343 g/mol. The van der Waals surface area contributed by atoms with E-state index in [0.717, 1.165) is 5.82 Å². The molecule has 2 rings (SSSR count). The van der Waals surface area contributed by atoms with Crippen molar-refractivity contribution >= 4 is 17.7 Å². The van der Waals surface area contributed by atoms with Crippen LogP contribution in [0.25, 0.3) is 0 Å². The fraction of sp³-hybridized carbons (Fsp3) is 0.353. The van der Waals surface area contributed by atoms with E-state index in [4.69, 9.17) is 4.74 Å². The second-order valence-corrected chi connectivity index (χ2v) is 6.38. The van der Waals surface area contributed by atoms with Crippen LogP contribution in [0.5, 0.6) is 5.75 Å². The van der Waals surface area contributed by atoms with Gasteiger partial charge in [0.05, 0.1) is 12.9 Å². The van der Waals surface area contributed by atoms with Crippen LogP contribution in [0.4, 0.5) is 4.39 Å². The first-order chi connectivity index (χ1) is 12.0. The third kappa shape index (κ3) is 4.82. The molecule has 0 fully saturated rings. The largest absolute Gasteiger partial charge is 0.494 e. The topological polar surface area (TPSA) is 60.2 Å². The maximum absolute atomic E-state index is 13.7. The Morgan fingerprint density at radius 1 is 1.48 bits per heavy atom. The molecule has 0 unspecified atom stereocenters. The number of rotatable bonds is 8. The molecule has 0 aliphatic rings. The average Bonchev–Trinajstić information content (AvgIpc) is 2.93. The van der Waals surface area contributed by atoms with Crippen LogP contribution in [-0.2, 0) is 17.9 Å². The second-order valence-electron chi connectivity index (χ2n) is 5.44. The van der Waals surface area contributed by atoms with E-state index < -0.39 is 5.82 Å². The van der Waals surface area contributed by atoms with Crippen molar-refractivity contribution in [3.63, 3.8) is 0 Å². The van der Waals surface area contributed by atoms with E-state index >= 15 is 0 Å². The van der Waals surface area contributed by atoms with E-state index in [1.54, 1.807) is 30.2 Å². The van der Waals surface area contributed by atoms with Crippen molar-refractivity contribution in [2.24, 2.45) is 0 Å². The molecule has 1 aromatic carbocycles. The number of allylic oxidation sites excluding steroid dienone is 1. The highest BCUT2D eigenvalue weighted by Gasteiger charge is 2.14. The number of carbonyl (C=O) groups is 1. The van der Waals surface area contributed by atoms with E-state index in [1.165, 1.54) is 24.9 Å². The summed E-state index contributed by atoms with van der Waals surface area (Å²) in [5.74, 6) is 0.669. The van der Waals surface area contributed by atoms with Crippen molar-refractivity contribution in [3.8, 4) is 5.75 Å². The highest BCUT2D eigenvalue weighted by Crippen LogP contribution is 2.20. The number of amides is 1. The molecular formula is C17H21FN4O2S. The fourth-order valence-corrected chi connectivity index (χ4v) is 3.15. The summed E-state index contributed by atoms with van der Waals surface area (Å²) in [5.41, 5.74) is 0.699. The van der Waals surface area contributed by atoms with Gasteiger partial charge in [0, 0.05) is 20.1 Å². The lowest BCUT2D eigenvalue weighted by atomic mass is 10.2. The first-order valence-corrected chi connectivity index (χ1v) is 8.64. The first kappa shape index (κ1) is 19.0. The Morgan fingerprint density at radius 3 is 2.88 bits per heavy atom. The Morgan fingerprint density at radius 2 is 2.24 bits per heavy atom. The third-order valence-corrected chi connectivity index (χ3v) is 4.55. The van der Waals surface area contributed by atoms with Crippen LogP contribution < -0.4 is 4.74 Å². The number of benzene rings is 1. The van der Waals surface area contributed by atoms with Gasteiger partial charge < -0.3 is 14.2 Å². The molecule has 0 spiro atoms. The van der Waals surface area contributed by atoms with Crippen LogP contribution in [0.2, 0.25) is 0 Å². The maximum Gasteiger partial charge on any atom is 0.233 e. The molecule has 6 nitrogen and oxygen atoms in total. The summed E-state index contributed by atoms with van der Waals surface area (Å²) in [7, 11) is 3.10. The van der Waals surface area contributed by atoms with Gasteiger partial charge in [0.2, 0.25) is 5.91 Å². The minimum absolute atomic E-state index is 0.0768. The number of thioether (sulfide) groups is 1. The zero-order valence-corrected chi connectivity index (χ0v) is 15.3. The van der Waals surface area contributed by atoms with Gasteiger partial charge in [-0.2, -0.15) is 0 Å². The summed E-state index contributed by atoms with van der Waals surface area (Å²) in [4.78, 5) is 13.9. The van der Waals surface area contributed by atoms with Gasteiger partial charge in [-0.05, 0) is 24.6 Å². The van der Waals surface area contributed by atoms with E-state index in [1.807, 2.05) is 11.5 Å². The lowest BCUT2D eigenvalue weighted by Crippen LogP contribution is -2.28. The Kier molecular flexibility index (Phi) is 6.58. The van der Waals surface area contributed by atoms with Crippen LogP contribution >= 0.6 is 11.8 Å². The molecule has 0 aliphatic heterocycles. The summed E-state index contributed by atoms with van der Waals surface area (Å²) in [6.07, 6.45) is 1.76. The van der Waals surface area contributed by atoms with Crippen LogP contribution in [0, 0.1) is 12.7 Å². The highest BCUT2D eigenvalue weighted by atomic mass is 32.2. The minimum Gasteiger partial charge on any atom is -0.494 e. The standard InChI is InChI=1S/C17H21FN4O2S/c1-5-8-22-12(2)19-20-17(22)25-11-16(23)21(3)10-13-6-7-15(24-4)14(18)9-13/h5-7,9H,1,8,10-11H2,2-4H3. The van der Waals surface area contributed by atoms with Crippen molar-refractivity contribution < 1.29 is 13.9 Å². The van der Waals surface area contributed by atoms with Crippen LogP contribution in [-0.4, -0.2) is 45.5 Å². The van der Waals surface area contributed by atoms with Crippen molar-refractivity contribution in [3.05, 3.63) is 48.1 Å². The van der Waals surface area contributed by atoms with E-state index in [0.29, 0.717) is 23.8 Å².